The van der Waals surface area contributed by atoms with Crippen LogP contribution < -0.4 is 10.1 Å². The summed E-state index contributed by atoms with van der Waals surface area (Å²) in [6.45, 7) is 2.53. The van der Waals surface area contributed by atoms with Crippen LogP contribution in [0.25, 0.3) is 10.9 Å². The van der Waals surface area contributed by atoms with Gasteiger partial charge in [0, 0.05) is 24.1 Å². The molecule has 0 radical (unpaired) electrons. The Labute approximate surface area is 120 Å². The number of H-pyrrole nitrogens is 1. The number of nitrogens with one attached hydrogen (secondary N) is 1. The lowest BCUT2D eigenvalue weighted by Crippen LogP contribution is -2.38. The van der Waals surface area contributed by atoms with Crippen molar-refractivity contribution >= 4 is 22.5 Å². The number of aryl methyl sites for hydroxylation is 1. The largest absolute Gasteiger partial charge is 0.305 e. The van der Waals surface area contributed by atoms with Gasteiger partial charge in [-0.15, -0.1) is 0 Å². The van der Waals surface area contributed by atoms with E-state index in [1.54, 1.807) is 18.2 Å². The van der Waals surface area contributed by atoms with E-state index >= 15 is 0 Å². The molecule has 0 spiro atoms. The fraction of sp³-hybridized carbons (Fsp3) is 0.133. The molecule has 2 aromatic heterocycles. The molecule has 0 amide bonds. The van der Waals surface area contributed by atoms with Gasteiger partial charge in [-0.25, -0.2) is 4.98 Å². The van der Waals surface area contributed by atoms with E-state index in [0.717, 1.165) is 5.69 Å². The van der Waals surface area contributed by atoms with Crippen molar-refractivity contribution in [3.05, 3.63) is 69.5 Å². The lowest BCUT2D eigenvalue weighted by molar-refractivity contribution is -0.695. The minimum absolute atomic E-state index is 0.143. The zero-order chi connectivity index (χ0) is 14.1. The third kappa shape index (κ3) is 2.42. The number of rotatable bonds is 2. The highest BCUT2D eigenvalue weighted by molar-refractivity contribution is 6.31. The SMILES string of the molecule is Cc1cccc[n+]1Cc1nc2cc(Cl)ccc2c(=O)[nH]1. The molecule has 0 fully saturated rings. The van der Waals surface area contributed by atoms with Gasteiger partial charge in [0.25, 0.3) is 5.56 Å². The predicted molar refractivity (Wildman–Crippen MR) is 77.8 cm³/mol. The van der Waals surface area contributed by atoms with E-state index in [2.05, 4.69) is 9.97 Å². The first-order chi connectivity index (χ1) is 9.63. The smallest absolute Gasteiger partial charge is 0.258 e. The molecule has 3 rings (SSSR count). The zero-order valence-corrected chi connectivity index (χ0v) is 11.7. The van der Waals surface area contributed by atoms with Crippen LogP contribution in [0.15, 0.2) is 47.4 Å². The summed E-state index contributed by atoms with van der Waals surface area (Å²) in [6, 6.07) is 11.0. The molecule has 0 unspecified atom stereocenters. The summed E-state index contributed by atoms with van der Waals surface area (Å²) >= 11 is 5.95. The van der Waals surface area contributed by atoms with Gasteiger partial charge in [0.15, 0.2) is 17.7 Å². The average Bonchev–Trinajstić information content (AvgIpc) is 2.41. The summed E-state index contributed by atoms with van der Waals surface area (Å²) in [5, 5.41) is 1.12. The maximum Gasteiger partial charge on any atom is 0.258 e. The Morgan fingerprint density at radius 2 is 2.15 bits per heavy atom. The first-order valence-electron chi connectivity index (χ1n) is 6.27. The molecule has 0 atom stereocenters. The lowest BCUT2D eigenvalue weighted by Gasteiger charge is -2.02. The maximum absolute atomic E-state index is 12.0. The number of hydrogen-bond acceptors (Lipinski definition) is 2. The molecular weight excluding hydrogens is 274 g/mol. The minimum Gasteiger partial charge on any atom is -0.305 e. The number of halogens is 1. The minimum atomic E-state index is -0.143. The highest BCUT2D eigenvalue weighted by atomic mass is 35.5. The molecule has 3 aromatic rings. The lowest BCUT2D eigenvalue weighted by atomic mass is 10.2. The van der Waals surface area contributed by atoms with Gasteiger partial charge in [0.2, 0.25) is 6.54 Å². The van der Waals surface area contributed by atoms with Crippen molar-refractivity contribution in [3.8, 4) is 0 Å². The number of aromatic amines is 1. The summed E-state index contributed by atoms with van der Waals surface area (Å²) in [7, 11) is 0. The quantitative estimate of drug-likeness (QED) is 0.735. The van der Waals surface area contributed by atoms with Crippen molar-refractivity contribution < 1.29 is 4.57 Å². The van der Waals surface area contributed by atoms with Gasteiger partial charge < -0.3 is 4.98 Å². The van der Waals surface area contributed by atoms with Crippen molar-refractivity contribution in [2.24, 2.45) is 0 Å². The second-order valence-electron chi connectivity index (χ2n) is 4.64. The Hall–Kier alpha value is -2.20. The highest BCUT2D eigenvalue weighted by Gasteiger charge is 2.10. The Morgan fingerprint density at radius 1 is 1.30 bits per heavy atom. The van der Waals surface area contributed by atoms with Gasteiger partial charge in [0.1, 0.15) is 0 Å². The Bertz CT molecular complexity index is 842. The van der Waals surface area contributed by atoms with E-state index in [4.69, 9.17) is 11.6 Å². The third-order valence-electron chi connectivity index (χ3n) is 3.21. The predicted octanol–water partition coefficient (Wildman–Crippen LogP) is 2.22. The van der Waals surface area contributed by atoms with E-state index in [-0.39, 0.29) is 5.56 Å². The van der Waals surface area contributed by atoms with E-state index in [0.29, 0.717) is 28.3 Å². The molecule has 20 heavy (non-hydrogen) atoms. The maximum atomic E-state index is 12.0. The van der Waals surface area contributed by atoms with Crippen molar-refractivity contribution in [2.75, 3.05) is 0 Å². The van der Waals surface area contributed by atoms with Gasteiger partial charge in [-0.05, 0) is 18.2 Å². The van der Waals surface area contributed by atoms with Crippen LogP contribution in [0, 0.1) is 6.92 Å². The highest BCUT2D eigenvalue weighted by Crippen LogP contribution is 2.14. The molecule has 5 heteroatoms. The van der Waals surface area contributed by atoms with Crippen LogP contribution in [0.5, 0.6) is 0 Å². The third-order valence-corrected chi connectivity index (χ3v) is 3.44. The topological polar surface area (TPSA) is 49.6 Å². The van der Waals surface area contributed by atoms with Gasteiger partial charge in [-0.1, -0.05) is 17.7 Å². The Morgan fingerprint density at radius 3 is 2.95 bits per heavy atom. The standard InChI is InChI=1S/C15H12ClN3O/c1-10-4-2-3-7-19(10)9-14-17-13-8-11(16)5-6-12(13)15(20)18-14/h2-8H,9H2,1H3/p+1. The second-order valence-corrected chi connectivity index (χ2v) is 5.08. The monoisotopic (exact) mass is 286 g/mol. The van der Waals surface area contributed by atoms with Gasteiger partial charge in [0.05, 0.1) is 10.9 Å². The van der Waals surface area contributed by atoms with E-state index in [1.807, 2.05) is 35.9 Å². The number of pyridine rings is 1. The summed E-state index contributed by atoms with van der Waals surface area (Å²) in [5.74, 6) is 0.615. The number of fused-ring (bicyclic) bond motifs is 1. The normalized spacial score (nSPS) is 10.9. The Kier molecular flexibility index (Phi) is 3.24. The molecule has 4 nitrogen and oxygen atoms in total. The summed E-state index contributed by atoms with van der Waals surface area (Å²) < 4.78 is 2.02. The molecular formula is C15H13ClN3O+. The molecule has 2 heterocycles. The molecule has 1 aromatic carbocycles. The molecule has 0 aliphatic heterocycles. The van der Waals surface area contributed by atoms with Crippen LogP contribution in [-0.4, -0.2) is 9.97 Å². The van der Waals surface area contributed by atoms with Crippen molar-refractivity contribution in [1.82, 2.24) is 9.97 Å². The van der Waals surface area contributed by atoms with E-state index in [9.17, 15) is 4.79 Å². The van der Waals surface area contributed by atoms with Crippen LogP contribution >= 0.6 is 11.6 Å². The fourth-order valence-corrected chi connectivity index (χ4v) is 2.30. The second kappa shape index (κ2) is 5.06. The molecule has 0 aliphatic rings. The van der Waals surface area contributed by atoms with Crippen LogP contribution in [-0.2, 0) is 6.54 Å². The van der Waals surface area contributed by atoms with Crippen molar-refractivity contribution in [3.63, 3.8) is 0 Å². The molecule has 0 aliphatic carbocycles. The van der Waals surface area contributed by atoms with Crippen LogP contribution in [0.2, 0.25) is 5.02 Å². The van der Waals surface area contributed by atoms with Gasteiger partial charge in [-0.2, -0.15) is 4.57 Å². The molecule has 0 saturated carbocycles. The zero-order valence-electron chi connectivity index (χ0n) is 10.9. The average molecular weight is 287 g/mol. The number of hydrogen-bond donors (Lipinski definition) is 1. The Balaban J connectivity index is 2.09. The van der Waals surface area contributed by atoms with Crippen molar-refractivity contribution in [2.45, 2.75) is 13.5 Å². The molecule has 0 bridgehead atoms. The molecule has 1 N–H and O–H groups in total. The summed E-state index contributed by atoms with van der Waals surface area (Å²) in [4.78, 5) is 19.3. The number of aromatic nitrogens is 3. The number of benzene rings is 1. The first-order valence-corrected chi connectivity index (χ1v) is 6.65. The molecule has 0 saturated heterocycles. The summed E-state index contributed by atoms with van der Waals surface area (Å²) in [6.07, 6.45) is 1.96. The van der Waals surface area contributed by atoms with Gasteiger partial charge in [-0.3, -0.25) is 4.79 Å². The first kappa shape index (κ1) is 12.8. The van der Waals surface area contributed by atoms with Crippen molar-refractivity contribution in [1.29, 1.82) is 0 Å². The fourth-order valence-electron chi connectivity index (χ4n) is 2.14. The molecule has 100 valence electrons. The number of nitrogens with zero attached hydrogens (tertiary/aromatic N) is 2. The van der Waals surface area contributed by atoms with Crippen LogP contribution in [0.3, 0.4) is 0 Å². The van der Waals surface area contributed by atoms with Crippen LogP contribution in [0.1, 0.15) is 11.5 Å². The van der Waals surface area contributed by atoms with E-state index < -0.39 is 0 Å². The van der Waals surface area contributed by atoms with Crippen LogP contribution in [0.4, 0.5) is 0 Å². The van der Waals surface area contributed by atoms with E-state index in [1.165, 1.54) is 0 Å². The van der Waals surface area contributed by atoms with Gasteiger partial charge >= 0.3 is 0 Å². The summed E-state index contributed by atoms with van der Waals surface area (Å²) in [5.41, 5.74) is 1.57.